The van der Waals surface area contributed by atoms with Gasteiger partial charge in [0.05, 0.1) is 12.2 Å². The molecule has 5 nitrogen and oxygen atoms in total. The van der Waals surface area contributed by atoms with E-state index < -0.39 is 9.84 Å². The molecule has 0 saturated carbocycles. The zero-order valence-corrected chi connectivity index (χ0v) is 12.9. The van der Waals surface area contributed by atoms with E-state index in [0.717, 1.165) is 11.1 Å². The number of rotatable bonds is 7. The summed E-state index contributed by atoms with van der Waals surface area (Å²) in [5.74, 6) is -0.154. The van der Waals surface area contributed by atoms with Crippen LogP contribution in [-0.4, -0.2) is 37.4 Å². The summed E-state index contributed by atoms with van der Waals surface area (Å²) in [6.07, 6.45) is 0.198. The van der Waals surface area contributed by atoms with Crippen LogP contribution in [0, 0.1) is 0 Å². The highest BCUT2D eigenvalue weighted by atomic mass is 32.2. The van der Waals surface area contributed by atoms with Crippen LogP contribution in [0.1, 0.15) is 18.1 Å². The van der Waals surface area contributed by atoms with Crippen LogP contribution in [0.25, 0.3) is 0 Å². The van der Waals surface area contributed by atoms with Crippen molar-refractivity contribution in [1.29, 1.82) is 0 Å². The Balaban J connectivity index is 2.44. The van der Waals surface area contributed by atoms with Gasteiger partial charge in [0, 0.05) is 17.9 Å². The molecule has 0 aliphatic heterocycles. The zero-order chi connectivity index (χ0) is 15.2. The maximum Gasteiger partial charge on any atom is 0.224 e. The van der Waals surface area contributed by atoms with E-state index in [0.29, 0.717) is 4.99 Å². The summed E-state index contributed by atoms with van der Waals surface area (Å²) in [5.41, 5.74) is 7.05. The van der Waals surface area contributed by atoms with Gasteiger partial charge >= 0.3 is 0 Å². The number of amides is 1. The van der Waals surface area contributed by atoms with Crippen molar-refractivity contribution in [3.8, 4) is 0 Å². The molecule has 1 amide bonds. The summed E-state index contributed by atoms with van der Waals surface area (Å²) in [5, 5.41) is 2.59. The predicted molar refractivity (Wildman–Crippen MR) is 83.4 cm³/mol. The van der Waals surface area contributed by atoms with Crippen molar-refractivity contribution in [3.05, 3.63) is 35.4 Å². The maximum atomic E-state index is 11.6. The van der Waals surface area contributed by atoms with Gasteiger partial charge < -0.3 is 11.1 Å². The average molecular weight is 314 g/mol. The van der Waals surface area contributed by atoms with Gasteiger partial charge in [-0.05, 0) is 5.56 Å². The van der Waals surface area contributed by atoms with Gasteiger partial charge in [0.15, 0.2) is 9.84 Å². The van der Waals surface area contributed by atoms with Gasteiger partial charge in [0.2, 0.25) is 5.91 Å². The number of hydrogen-bond acceptors (Lipinski definition) is 4. The Bertz CT molecular complexity index is 580. The molecule has 7 heteroatoms. The molecule has 1 aromatic carbocycles. The van der Waals surface area contributed by atoms with Crippen LogP contribution in [0.5, 0.6) is 0 Å². The van der Waals surface area contributed by atoms with E-state index in [-0.39, 0.29) is 30.4 Å². The topological polar surface area (TPSA) is 89.3 Å². The van der Waals surface area contributed by atoms with Crippen LogP contribution in [0.15, 0.2) is 24.3 Å². The molecule has 0 radical (unpaired) electrons. The first-order valence-electron chi connectivity index (χ1n) is 6.20. The van der Waals surface area contributed by atoms with Gasteiger partial charge in [-0.25, -0.2) is 8.42 Å². The van der Waals surface area contributed by atoms with Crippen LogP contribution in [0.2, 0.25) is 0 Å². The van der Waals surface area contributed by atoms with Crippen LogP contribution < -0.4 is 11.1 Å². The molecule has 0 saturated heterocycles. The molecular formula is C13H18N2O3S2. The highest BCUT2D eigenvalue weighted by molar-refractivity contribution is 7.91. The van der Waals surface area contributed by atoms with Crippen LogP contribution in [0.3, 0.4) is 0 Å². The number of nitrogens with two attached hydrogens (primary N) is 1. The van der Waals surface area contributed by atoms with Crippen molar-refractivity contribution < 1.29 is 13.2 Å². The van der Waals surface area contributed by atoms with E-state index >= 15 is 0 Å². The Labute approximate surface area is 124 Å². The molecule has 1 aromatic rings. The molecule has 0 unspecified atom stereocenters. The van der Waals surface area contributed by atoms with Crippen molar-refractivity contribution >= 4 is 33.0 Å². The fourth-order valence-electron chi connectivity index (χ4n) is 1.53. The Kier molecular flexibility index (Phi) is 6.09. The van der Waals surface area contributed by atoms with Gasteiger partial charge in [0.25, 0.3) is 0 Å². The number of sulfone groups is 1. The molecule has 3 N–H and O–H groups in total. The third-order valence-electron chi connectivity index (χ3n) is 2.78. The molecule has 0 bridgehead atoms. The summed E-state index contributed by atoms with van der Waals surface area (Å²) in [4.78, 5) is 12.0. The minimum absolute atomic E-state index is 0.0321. The normalized spacial score (nSPS) is 11.1. The maximum absolute atomic E-state index is 11.6. The second kappa shape index (κ2) is 7.35. The first kappa shape index (κ1) is 16.6. The van der Waals surface area contributed by atoms with E-state index in [9.17, 15) is 13.2 Å². The van der Waals surface area contributed by atoms with Gasteiger partial charge in [-0.3, -0.25) is 4.79 Å². The summed E-state index contributed by atoms with van der Waals surface area (Å²) in [6, 6.07) is 7.06. The Hall–Kier alpha value is -1.47. The number of nitrogens with one attached hydrogen (secondary N) is 1. The molecule has 0 atom stereocenters. The number of carbonyl (C=O) groups is 1. The molecular weight excluding hydrogens is 296 g/mol. The first-order chi connectivity index (χ1) is 9.34. The largest absolute Gasteiger partial charge is 0.389 e. The second-order valence-corrected chi connectivity index (χ2v) is 7.24. The van der Waals surface area contributed by atoms with Crippen molar-refractivity contribution in [2.45, 2.75) is 13.3 Å². The molecule has 0 aliphatic carbocycles. The molecule has 1 rings (SSSR count). The van der Waals surface area contributed by atoms with Crippen LogP contribution in [-0.2, 0) is 21.1 Å². The Morgan fingerprint density at radius 2 is 1.90 bits per heavy atom. The molecule has 20 heavy (non-hydrogen) atoms. The number of carbonyl (C=O) groups excluding carboxylic acids is 1. The van der Waals surface area contributed by atoms with E-state index in [2.05, 4.69) is 5.32 Å². The molecule has 0 spiro atoms. The smallest absolute Gasteiger partial charge is 0.224 e. The van der Waals surface area contributed by atoms with Crippen molar-refractivity contribution in [2.24, 2.45) is 5.73 Å². The SMILES string of the molecule is CCS(=O)(=O)CCNC(=O)Cc1ccc(C(N)=S)cc1. The van der Waals surface area contributed by atoms with Gasteiger partial charge in [-0.1, -0.05) is 43.4 Å². The molecule has 0 fully saturated rings. The van der Waals surface area contributed by atoms with Gasteiger partial charge in [-0.2, -0.15) is 0 Å². The van der Waals surface area contributed by atoms with E-state index in [1.807, 2.05) is 0 Å². The second-order valence-electron chi connectivity index (χ2n) is 4.32. The van der Waals surface area contributed by atoms with E-state index in [1.165, 1.54) is 0 Å². The first-order valence-corrected chi connectivity index (χ1v) is 8.43. The number of hydrogen-bond donors (Lipinski definition) is 2. The lowest BCUT2D eigenvalue weighted by atomic mass is 10.1. The molecule has 0 aromatic heterocycles. The number of thiocarbonyl (C=S) groups is 1. The molecule has 110 valence electrons. The molecule has 0 heterocycles. The molecule has 0 aliphatic rings. The monoisotopic (exact) mass is 314 g/mol. The standard InChI is InChI=1S/C13H18N2O3S2/c1-2-20(17,18)8-7-15-12(16)9-10-3-5-11(6-4-10)13(14)19/h3-6H,2,7-9H2,1H3,(H2,14,19)(H,15,16). The quantitative estimate of drug-likeness (QED) is 0.712. The highest BCUT2D eigenvalue weighted by Crippen LogP contribution is 2.05. The third kappa shape index (κ3) is 5.66. The fraction of sp³-hybridized carbons (Fsp3) is 0.385. The fourth-order valence-corrected chi connectivity index (χ4v) is 2.36. The van der Waals surface area contributed by atoms with E-state index in [4.69, 9.17) is 18.0 Å². The highest BCUT2D eigenvalue weighted by Gasteiger charge is 2.09. The van der Waals surface area contributed by atoms with E-state index in [1.54, 1.807) is 31.2 Å². The predicted octanol–water partition coefficient (Wildman–Crippen LogP) is 0.414. The number of benzene rings is 1. The minimum Gasteiger partial charge on any atom is -0.389 e. The summed E-state index contributed by atoms with van der Waals surface area (Å²) < 4.78 is 22.5. The van der Waals surface area contributed by atoms with Crippen molar-refractivity contribution in [2.75, 3.05) is 18.1 Å². The summed E-state index contributed by atoms with van der Waals surface area (Å²) in [6.45, 7) is 1.72. The van der Waals surface area contributed by atoms with Crippen molar-refractivity contribution in [1.82, 2.24) is 5.32 Å². The average Bonchev–Trinajstić information content (AvgIpc) is 2.39. The zero-order valence-electron chi connectivity index (χ0n) is 11.3. The Morgan fingerprint density at radius 1 is 1.30 bits per heavy atom. The third-order valence-corrected chi connectivity index (χ3v) is 4.72. The summed E-state index contributed by atoms with van der Waals surface area (Å²) >= 11 is 4.84. The van der Waals surface area contributed by atoms with Crippen molar-refractivity contribution in [3.63, 3.8) is 0 Å². The lowest BCUT2D eigenvalue weighted by Crippen LogP contribution is -2.30. The lowest BCUT2D eigenvalue weighted by Gasteiger charge is -2.06. The minimum atomic E-state index is -3.05. The summed E-state index contributed by atoms with van der Waals surface area (Å²) in [7, 11) is -3.05. The van der Waals surface area contributed by atoms with Crippen LogP contribution >= 0.6 is 12.2 Å². The van der Waals surface area contributed by atoms with Crippen LogP contribution in [0.4, 0.5) is 0 Å². The van der Waals surface area contributed by atoms with Gasteiger partial charge in [-0.15, -0.1) is 0 Å². The Morgan fingerprint density at radius 3 is 2.40 bits per heavy atom. The lowest BCUT2D eigenvalue weighted by molar-refractivity contribution is -0.120. The van der Waals surface area contributed by atoms with Gasteiger partial charge in [0.1, 0.15) is 4.99 Å².